The molecule has 0 aliphatic rings. The Labute approximate surface area is 254 Å². The molecule has 0 saturated carbocycles. The van der Waals surface area contributed by atoms with E-state index in [2.05, 4.69) is 5.32 Å². The molecule has 0 radical (unpaired) electrons. The molecule has 1 N–H and O–H groups in total. The number of amides is 2. The highest BCUT2D eigenvalue weighted by Gasteiger charge is 2.34. The maximum absolute atomic E-state index is 14.2. The van der Waals surface area contributed by atoms with Gasteiger partial charge in [-0.25, -0.2) is 8.42 Å². The van der Waals surface area contributed by atoms with Crippen LogP contribution in [0, 0.1) is 0 Å². The summed E-state index contributed by atoms with van der Waals surface area (Å²) >= 11 is 0. The summed E-state index contributed by atoms with van der Waals surface area (Å²) in [6, 6.07) is 18.9. The average molecular weight is 612 g/mol. The summed E-state index contributed by atoms with van der Waals surface area (Å²) in [7, 11) is 0.206. The molecule has 0 unspecified atom stereocenters. The van der Waals surface area contributed by atoms with Crippen molar-refractivity contribution in [3.8, 4) is 17.2 Å². The Morgan fingerprint density at radius 1 is 0.860 bits per heavy atom. The molecule has 10 nitrogen and oxygen atoms in total. The van der Waals surface area contributed by atoms with E-state index in [4.69, 9.17) is 14.2 Å². The lowest BCUT2D eigenvalue weighted by molar-refractivity contribution is -0.140. The summed E-state index contributed by atoms with van der Waals surface area (Å²) in [4.78, 5) is 29.0. The van der Waals surface area contributed by atoms with Gasteiger partial charge in [0.25, 0.3) is 10.0 Å². The lowest BCUT2D eigenvalue weighted by Gasteiger charge is -2.33. The van der Waals surface area contributed by atoms with E-state index in [-0.39, 0.29) is 28.8 Å². The summed E-state index contributed by atoms with van der Waals surface area (Å²) in [6.45, 7) is 3.82. The molecule has 0 saturated heterocycles. The Bertz CT molecular complexity index is 1460. The normalized spacial score (nSPS) is 11.7. The van der Waals surface area contributed by atoms with Crippen molar-refractivity contribution in [2.24, 2.45) is 0 Å². The van der Waals surface area contributed by atoms with Crippen LogP contribution in [0.15, 0.2) is 77.7 Å². The first-order chi connectivity index (χ1) is 20.7. The van der Waals surface area contributed by atoms with Crippen LogP contribution in [-0.4, -0.2) is 65.6 Å². The van der Waals surface area contributed by atoms with E-state index in [1.807, 2.05) is 19.9 Å². The molecule has 11 heteroatoms. The number of sulfonamides is 1. The number of anilines is 1. The highest BCUT2D eigenvalue weighted by Crippen LogP contribution is 2.33. The van der Waals surface area contributed by atoms with Crippen LogP contribution in [0.5, 0.6) is 17.2 Å². The molecule has 0 heterocycles. The Morgan fingerprint density at radius 3 is 2.19 bits per heavy atom. The molecule has 3 aromatic rings. The molecular formula is C32H41N3O7S. The number of hydrogen-bond donors (Lipinski definition) is 1. The minimum atomic E-state index is -4.26. The summed E-state index contributed by atoms with van der Waals surface area (Å²) in [6.07, 6.45) is 2.03. The standard InChI is InChI=1S/C32H41N3O7S/c1-6-8-20-33-32(37)28(7-2)34(22-24-12-11-13-26(21-24)41-4)31(36)23-35(29-14-9-10-15-30(29)42-5)43(38,39)27-18-16-25(40-3)17-19-27/h9-19,21,28H,6-8,20,22-23H2,1-5H3,(H,33,37)/t28-/m0/s1. The van der Waals surface area contributed by atoms with Crippen LogP contribution in [0.25, 0.3) is 0 Å². The van der Waals surface area contributed by atoms with E-state index in [1.54, 1.807) is 49.6 Å². The highest BCUT2D eigenvalue weighted by molar-refractivity contribution is 7.92. The Morgan fingerprint density at radius 2 is 1.56 bits per heavy atom. The second-order valence-corrected chi connectivity index (χ2v) is 11.7. The van der Waals surface area contributed by atoms with Gasteiger partial charge < -0.3 is 24.4 Å². The number of para-hydroxylation sites is 2. The molecule has 0 bridgehead atoms. The number of ether oxygens (including phenoxy) is 3. The van der Waals surface area contributed by atoms with Crippen molar-refractivity contribution in [2.75, 3.05) is 38.7 Å². The second kappa shape index (κ2) is 15.8. The number of nitrogens with zero attached hydrogens (tertiary/aromatic N) is 2. The Balaban J connectivity index is 2.08. The molecule has 0 fully saturated rings. The summed E-state index contributed by atoms with van der Waals surface area (Å²) in [5.74, 6) is 0.514. The van der Waals surface area contributed by atoms with Gasteiger partial charge in [-0.1, -0.05) is 44.5 Å². The number of methoxy groups -OCH3 is 3. The van der Waals surface area contributed by atoms with Gasteiger partial charge in [0.05, 0.1) is 31.9 Å². The molecule has 2 amide bonds. The van der Waals surface area contributed by atoms with Crippen LogP contribution < -0.4 is 23.8 Å². The van der Waals surface area contributed by atoms with E-state index >= 15 is 0 Å². The predicted molar refractivity (Wildman–Crippen MR) is 166 cm³/mol. The number of carbonyl (C=O) groups excluding carboxylic acids is 2. The topological polar surface area (TPSA) is 114 Å². The van der Waals surface area contributed by atoms with Crippen LogP contribution >= 0.6 is 0 Å². The van der Waals surface area contributed by atoms with Crippen molar-refractivity contribution < 1.29 is 32.2 Å². The van der Waals surface area contributed by atoms with Gasteiger partial charge in [-0.2, -0.15) is 0 Å². The fourth-order valence-corrected chi connectivity index (χ4v) is 6.04. The number of hydrogen-bond acceptors (Lipinski definition) is 7. The largest absolute Gasteiger partial charge is 0.497 e. The predicted octanol–water partition coefficient (Wildman–Crippen LogP) is 4.63. The van der Waals surface area contributed by atoms with Crippen molar-refractivity contribution in [2.45, 2.75) is 50.6 Å². The second-order valence-electron chi connectivity index (χ2n) is 9.80. The number of nitrogens with one attached hydrogen (secondary N) is 1. The summed E-state index contributed by atoms with van der Waals surface area (Å²) in [5.41, 5.74) is 0.922. The fourth-order valence-electron chi connectivity index (χ4n) is 4.62. The number of unbranched alkanes of at least 4 members (excludes halogenated alkanes) is 1. The zero-order valence-corrected chi connectivity index (χ0v) is 26.2. The van der Waals surface area contributed by atoms with Gasteiger partial charge in [0.2, 0.25) is 11.8 Å². The summed E-state index contributed by atoms with van der Waals surface area (Å²) < 4.78 is 45.3. The maximum atomic E-state index is 14.2. The van der Waals surface area contributed by atoms with Crippen molar-refractivity contribution in [1.29, 1.82) is 0 Å². The van der Waals surface area contributed by atoms with E-state index in [0.717, 1.165) is 22.7 Å². The van der Waals surface area contributed by atoms with E-state index in [0.29, 0.717) is 24.5 Å². The molecule has 0 aliphatic carbocycles. The number of benzene rings is 3. The molecule has 3 aromatic carbocycles. The first kappa shape index (κ1) is 33.3. The van der Waals surface area contributed by atoms with Crippen LogP contribution in [0.1, 0.15) is 38.7 Å². The molecule has 3 rings (SSSR count). The SMILES string of the molecule is CCCCNC(=O)[C@H](CC)N(Cc1cccc(OC)c1)C(=O)CN(c1ccccc1OC)S(=O)(=O)c1ccc(OC)cc1. The van der Waals surface area contributed by atoms with Crippen molar-refractivity contribution >= 4 is 27.5 Å². The lowest BCUT2D eigenvalue weighted by Crippen LogP contribution is -2.52. The van der Waals surface area contributed by atoms with Crippen molar-refractivity contribution in [3.05, 3.63) is 78.4 Å². The third-order valence-electron chi connectivity index (χ3n) is 6.98. The molecule has 232 valence electrons. The lowest BCUT2D eigenvalue weighted by atomic mass is 10.1. The fraction of sp³-hybridized carbons (Fsp3) is 0.375. The third-order valence-corrected chi connectivity index (χ3v) is 8.76. The minimum absolute atomic E-state index is 0.0318. The van der Waals surface area contributed by atoms with Gasteiger partial charge in [0.15, 0.2) is 0 Å². The average Bonchev–Trinajstić information content (AvgIpc) is 3.03. The smallest absolute Gasteiger partial charge is 0.264 e. The molecule has 0 aromatic heterocycles. The number of carbonyl (C=O) groups is 2. The molecular weight excluding hydrogens is 570 g/mol. The quantitative estimate of drug-likeness (QED) is 0.235. The zero-order valence-electron chi connectivity index (χ0n) is 25.4. The number of rotatable bonds is 16. The Kier molecular flexibility index (Phi) is 12.2. The van der Waals surface area contributed by atoms with E-state index in [1.165, 1.54) is 43.4 Å². The highest BCUT2D eigenvalue weighted by atomic mass is 32.2. The van der Waals surface area contributed by atoms with Gasteiger partial charge in [-0.3, -0.25) is 13.9 Å². The van der Waals surface area contributed by atoms with Gasteiger partial charge in [0.1, 0.15) is 29.8 Å². The molecule has 0 spiro atoms. The van der Waals surface area contributed by atoms with Gasteiger partial charge in [0, 0.05) is 13.1 Å². The zero-order chi connectivity index (χ0) is 31.4. The summed E-state index contributed by atoms with van der Waals surface area (Å²) in [5, 5.41) is 2.93. The molecule has 1 atom stereocenters. The van der Waals surface area contributed by atoms with Crippen LogP contribution in [0.3, 0.4) is 0 Å². The minimum Gasteiger partial charge on any atom is -0.497 e. The molecule has 0 aliphatic heterocycles. The van der Waals surface area contributed by atoms with Gasteiger partial charge in [-0.15, -0.1) is 0 Å². The van der Waals surface area contributed by atoms with Gasteiger partial charge in [-0.05, 0) is 66.9 Å². The Hall–Kier alpha value is -4.25. The third kappa shape index (κ3) is 8.41. The van der Waals surface area contributed by atoms with Crippen LogP contribution in [-0.2, 0) is 26.2 Å². The monoisotopic (exact) mass is 611 g/mol. The van der Waals surface area contributed by atoms with E-state index in [9.17, 15) is 18.0 Å². The van der Waals surface area contributed by atoms with Crippen molar-refractivity contribution in [1.82, 2.24) is 10.2 Å². The maximum Gasteiger partial charge on any atom is 0.264 e. The van der Waals surface area contributed by atoms with Crippen LogP contribution in [0.4, 0.5) is 5.69 Å². The first-order valence-corrected chi connectivity index (χ1v) is 15.6. The van der Waals surface area contributed by atoms with Crippen molar-refractivity contribution in [3.63, 3.8) is 0 Å². The van der Waals surface area contributed by atoms with Gasteiger partial charge >= 0.3 is 0 Å². The first-order valence-electron chi connectivity index (χ1n) is 14.2. The van der Waals surface area contributed by atoms with Crippen LogP contribution in [0.2, 0.25) is 0 Å². The van der Waals surface area contributed by atoms with E-state index < -0.39 is 28.5 Å². The molecule has 43 heavy (non-hydrogen) atoms.